The number of nitrogens with zero attached hydrogens (tertiary/aromatic N) is 4. The lowest BCUT2D eigenvalue weighted by Gasteiger charge is -2.24. The number of urea groups is 1. The molecule has 1 aliphatic heterocycles. The second kappa shape index (κ2) is 9.38. The normalized spacial score (nSPS) is 15.6. The average molecular weight is 422 g/mol. The highest BCUT2D eigenvalue weighted by atomic mass is 19.1. The molecule has 0 bridgehead atoms. The summed E-state index contributed by atoms with van der Waals surface area (Å²) in [6.07, 6.45) is 3.21. The van der Waals surface area contributed by atoms with Crippen LogP contribution in [0.4, 0.5) is 14.9 Å². The van der Waals surface area contributed by atoms with Crippen molar-refractivity contribution in [1.82, 2.24) is 25.2 Å². The molecule has 1 fully saturated rings. The molecule has 1 aromatic heterocycles. The summed E-state index contributed by atoms with van der Waals surface area (Å²) in [5, 5.41) is 13.4. The predicted octanol–water partition coefficient (Wildman–Crippen LogP) is 3.04. The van der Waals surface area contributed by atoms with E-state index in [4.69, 9.17) is 0 Å². The van der Waals surface area contributed by atoms with Gasteiger partial charge in [0.15, 0.2) is 5.69 Å². The third-order valence-electron chi connectivity index (χ3n) is 5.22. The zero-order valence-corrected chi connectivity index (χ0v) is 16.9. The maximum Gasteiger partial charge on any atom is 0.322 e. The fraction of sp³-hybridized carbons (Fsp3) is 0.273. The molecule has 3 amide bonds. The summed E-state index contributed by atoms with van der Waals surface area (Å²) in [5.41, 5.74) is 1.36. The molecule has 8 nitrogen and oxygen atoms in total. The first-order valence-electron chi connectivity index (χ1n) is 10.1. The number of hydrogen-bond acceptors (Lipinski definition) is 4. The number of carbonyl (C=O) groups is 2. The molecule has 2 aromatic carbocycles. The van der Waals surface area contributed by atoms with E-state index < -0.39 is 5.82 Å². The molecule has 0 saturated carbocycles. The Kier molecular flexibility index (Phi) is 6.21. The van der Waals surface area contributed by atoms with Crippen LogP contribution in [0, 0.1) is 5.82 Å². The Morgan fingerprint density at radius 1 is 1.10 bits per heavy atom. The van der Waals surface area contributed by atoms with Crippen LogP contribution in [-0.4, -0.2) is 44.4 Å². The first kappa shape index (κ1) is 20.5. The van der Waals surface area contributed by atoms with Crippen molar-refractivity contribution in [2.75, 3.05) is 11.9 Å². The first-order valence-corrected chi connectivity index (χ1v) is 10.1. The van der Waals surface area contributed by atoms with E-state index >= 15 is 0 Å². The number of halogens is 1. The fourth-order valence-electron chi connectivity index (χ4n) is 3.62. The number of anilines is 1. The standard InChI is InChI=1S/C22H23FN6O2/c23-18-10-4-5-11-19(18)25-22(31)29-12-6-9-17(29)14-28-15-20(26-27-28)21(30)24-13-16-7-2-1-3-8-16/h1-5,7-8,10-11,15,17H,6,9,12-14H2,(H,24,30)(H,25,31)/t17-/m0/s1. The third kappa shape index (κ3) is 5.06. The smallest absolute Gasteiger partial charge is 0.322 e. The Morgan fingerprint density at radius 3 is 2.68 bits per heavy atom. The maximum absolute atomic E-state index is 13.8. The summed E-state index contributed by atoms with van der Waals surface area (Å²) in [5.74, 6) is -0.787. The molecule has 160 valence electrons. The number of aromatic nitrogens is 3. The third-order valence-corrected chi connectivity index (χ3v) is 5.22. The number of nitrogens with one attached hydrogen (secondary N) is 2. The van der Waals surface area contributed by atoms with E-state index in [1.54, 1.807) is 27.9 Å². The van der Waals surface area contributed by atoms with Crippen LogP contribution in [0.15, 0.2) is 60.8 Å². The fourth-order valence-corrected chi connectivity index (χ4v) is 3.62. The number of likely N-dealkylation sites (tertiary alicyclic amines) is 1. The van der Waals surface area contributed by atoms with Gasteiger partial charge in [-0.05, 0) is 30.5 Å². The molecule has 0 aliphatic carbocycles. The lowest BCUT2D eigenvalue weighted by molar-refractivity contribution is 0.0945. The number of rotatable bonds is 6. The van der Waals surface area contributed by atoms with Gasteiger partial charge >= 0.3 is 6.03 Å². The van der Waals surface area contributed by atoms with E-state index in [-0.39, 0.29) is 29.4 Å². The molecule has 2 heterocycles. The van der Waals surface area contributed by atoms with Gasteiger partial charge in [0.05, 0.1) is 24.5 Å². The quantitative estimate of drug-likeness (QED) is 0.639. The Balaban J connectivity index is 1.34. The van der Waals surface area contributed by atoms with Gasteiger partial charge in [-0.3, -0.25) is 4.79 Å². The van der Waals surface area contributed by atoms with Gasteiger partial charge in [0.1, 0.15) is 5.82 Å². The summed E-state index contributed by atoms with van der Waals surface area (Å²) >= 11 is 0. The molecular weight excluding hydrogens is 399 g/mol. The summed E-state index contributed by atoms with van der Waals surface area (Å²) in [6.45, 7) is 1.38. The van der Waals surface area contributed by atoms with Crippen LogP contribution < -0.4 is 10.6 Å². The first-order chi connectivity index (χ1) is 15.1. The van der Waals surface area contributed by atoms with Gasteiger partial charge in [0.25, 0.3) is 5.91 Å². The van der Waals surface area contributed by atoms with Gasteiger partial charge < -0.3 is 15.5 Å². The molecule has 0 unspecified atom stereocenters. The highest BCUT2D eigenvalue weighted by Crippen LogP contribution is 2.21. The van der Waals surface area contributed by atoms with Gasteiger partial charge in [-0.2, -0.15) is 0 Å². The van der Waals surface area contributed by atoms with Crippen LogP contribution in [0.25, 0.3) is 0 Å². The molecular formula is C22H23FN6O2. The zero-order valence-electron chi connectivity index (χ0n) is 16.9. The van der Waals surface area contributed by atoms with E-state index in [2.05, 4.69) is 20.9 Å². The van der Waals surface area contributed by atoms with Crippen molar-refractivity contribution < 1.29 is 14.0 Å². The minimum Gasteiger partial charge on any atom is -0.347 e. The van der Waals surface area contributed by atoms with Gasteiger partial charge in [-0.15, -0.1) is 5.10 Å². The van der Waals surface area contributed by atoms with E-state index in [1.807, 2.05) is 30.3 Å². The molecule has 1 atom stereocenters. The van der Waals surface area contributed by atoms with Crippen LogP contribution in [0.5, 0.6) is 0 Å². The van der Waals surface area contributed by atoms with E-state index in [0.717, 1.165) is 18.4 Å². The summed E-state index contributed by atoms with van der Waals surface area (Å²) < 4.78 is 15.4. The summed E-state index contributed by atoms with van der Waals surface area (Å²) in [4.78, 5) is 26.6. The summed E-state index contributed by atoms with van der Waals surface area (Å²) in [6, 6.07) is 15.2. The van der Waals surface area contributed by atoms with Crippen LogP contribution in [-0.2, 0) is 13.1 Å². The van der Waals surface area contributed by atoms with Crippen molar-refractivity contribution in [3.05, 3.63) is 77.9 Å². The molecule has 4 rings (SSSR count). The van der Waals surface area contributed by atoms with Gasteiger partial charge in [0, 0.05) is 13.1 Å². The molecule has 1 saturated heterocycles. The van der Waals surface area contributed by atoms with E-state index in [1.165, 1.54) is 12.1 Å². The highest BCUT2D eigenvalue weighted by molar-refractivity contribution is 5.91. The van der Waals surface area contributed by atoms with Crippen molar-refractivity contribution >= 4 is 17.6 Å². The number of hydrogen-bond donors (Lipinski definition) is 2. The lowest BCUT2D eigenvalue weighted by Crippen LogP contribution is -2.41. The Hall–Kier alpha value is -3.75. The van der Waals surface area contributed by atoms with Gasteiger partial charge in [0.2, 0.25) is 0 Å². The molecule has 0 spiro atoms. The maximum atomic E-state index is 13.8. The highest BCUT2D eigenvalue weighted by Gasteiger charge is 2.30. The molecule has 0 radical (unpaired) electrons. The van der Waals surface area contributed by atoms with Crippen molar-refractivity contribution in [1.29, 1.82) is 0 Å². The van der Waals surface area contributed by atoms with E-state index in [9.17, 15) is 14.0 Å². The number of para-hydroxylation sites is 1. The zero-order chi connectivity index (χ0) is 21.6. The van der Waals surface area contributed by atoms with Crippen LogP contribution in [0.3, 0.4) is 0 Å². The predicted molar refractivity (Wildman–Crippen MR) is 113 cm³/mol. The van der Waals surface area contributed by atoms with Crippen molar-refractivity contribution in [3.8, 4) is 0 Å². The molecule has 31 heavy (non-hydrogen) atoms. The van der Waals surface area contributed by atoms with Crippen LogP contribution in [0.2, 0.25) is 0 Å². The largest absolute Gasteiger partial charge is 0.347 e. The number of carbonyl (C=O) groups excluding carboxylic acids is 2. The Morgan fingerprint density at radius 2 is 1.87 bits per heavy atom. The number of benzene rings is 2. The van der Waals surface area contributed by atoms with Crippen molar-refractivity contribution in [3.63, 3.8) is 0 Å². The SMILES string of the molecule is O=C(NCc1ccccc1)c1cn(C[C@@H]2CCCN2C(=O)Nc2ccccc2F)nn1. The minimum atomic E-state index is -0.478. The van der Waals surface area contributed by atoms with Crippen LogP contribution >= 0.6 is 0 Å². The molecule has 9 heteroatoms. The topological polar surface area (TPSA) is 92.2 Å². The average Bonchev–Trinajstić information content (AvgIpc) is 3.44. The summed E-state index contributed by atoms with van der Waals surface area (Å²) in [7, 11) is 0. The Labute approximate surface area is 179 Å². The van der Waals surface area contributed by atoms with Crippen molar-refractivity contribution in [2.45, 2.75) is 32.0 Å². The molecule has 3 aromatic rings. The van der Waals surface area contributed by atoms with Crippen LogP contribution in [0.1, 0.15) is 28.9 Å². The Bertz CT molecular complexity index is 1050. The van der Waals surface area contributed by atoms with Gasteiger partial charge in [-0.25, -0.2) is 13.9 Å². The number of amides is 3. The van der Waals surface area contributed by atoms with Crippen molar-refractivity contribution in [2.24, 2.45) is 0 Å². The second-order valence-corrected chi connectivity index (χ2v) is 7.39. The minimum absolute atomic E-state index is 0.117. The van der Waals surface area contributed by atoms with E-state index in [0.29, 0.717) is 19.6 Å². The molecule has 1 aliphatic rings. The lowest BCUT2D eigenvalue weighted by atomic mass is 10.2. The second-order valence-electron chi connectivity index (χ2n) is 7.39. The monoisotopic (exact) mass is 422 g/mol. The molecule has 2 N–H and O–H groups in total. The van der Waals surface area contributed by atoms with Gasteiger partial charge in [-0.1, -0.05) is 47.7 Å².